The zero-order chi connectivity index (χ0) is 23.6. The summed E-state index contributed by atoms with van der Waals surface area (Å²) in [7, 11) is 2.04. The van der Waals surface area contributed by atoms with Gasteiger partial charge in [0.2, 0.25) is 0 Å². The number of rotatable bonds is 12. The van der Waals surface area contributed by atoms with Crippen molar-refractivity contribution in [1.82, 2.24) is 20.3 Å². The number of nitrogens with zero attached hydrogens (tertiary/aromatic N) is 3. The van der Waals surface area contributed by atoms with Crippen LogP contribution < -0.4 is 15.7 Å². The quantitative estimate of drug-likeness (QED) is 0.119. The maximum atomic E-state index is 11.0. The molecule has 0 fully saturated rings. The highest BCUT2D eigenvalue weighted by Gasteiger charge is 2.11. The third kappa shape index (κ3) is 6.95. The minimum Gasteiger partial charge on any atom is -0.369 e. The smallest absolute Gasteiger partial charge is 0.267 e. The molecule has 0 saturated carbocycles. The van der Waals surface area contributed by atoms with Gasteiger partial charge in [0, 0.05) is 63.2 Å². The molecule has 0 unspecified atom stereocenters. The Labute approximate surface area is 204 Å². The molecule has 0 aliphatic carbocycles. The summed E-state index contributed by atoms with van der Waals surface area (Å²) in [6.45, 7) is 3.03. The number of carbonyl (C=O) groups is 1. The zero-order valence-corrected chi connectivity index (χ0v) is 20.1. The van der Waals surface area contributed by atoms with Crippen LogP contribution in [0.1, 0.15) is 17.0 Å². The molecule has 0 spiro atoms. The van der Waals surface area contributed by atoms with Gasteiger partial charge >= 0.3 is 0 Å². The molecule has 0 aliphatic heterocycles. The number of nitrogens with one attached hydrogen (secondary N) is 2. The van der Waals surface area contributed by atoms with Crippen LogP contribution in [-0.4, -0.2) is 52.1 Å². The number of aromatic nitrogens is 2. The second kappa shape index (κ2) is 12.6. The number of carbonyl (C=O) groups excluding carboxylic acids is 1. The molecule has 0 saturated heterocycles. The van der Waals surface area contributed by atoms with Crippen molar-refractivity contribution in [3.8, 4) is 0 Å². The molecule has 1 aromatic heterocycles. The maximum Gasteiger partial charge on any atom is 0.267 e. The zero-order valence-electron chi connectivity index (χ0n) is 18.6. The van der Waals surface area contributed by atoms with Gasteiger partial charge in [-0.15, -0.1) is 23.2 Å². The third-order valence-electron chi connectivity index (χ3n) is 5.40. The molecule has 0 radical (unpaired) electrons. The van der Waals surface area contributed by atoms with Gasteiger partial charge in [0.1, 0.15) is 5.82 Å². The number of fused-ring (bicyclic) bond motifs is 1. The average Bonchev–Trinajstić information content (AvgIpc) is 3.15. The van der Waals surface area contributed by atoms with E-state index >= 15 is 0 Å². The van der Waals surface area contributed by atoms with E-state index in [1.807, 2.05) is 31.3 Å². The van der Waals surface area contributed by atoms with Crippen LogP contribution >= 0.6 is 23.2 Å². The van der Waals surface area contributed by atoms with Crippen LogP contribution in [0.2, 0.25) is 0 Å². The minimum atomic E-state index is -0.554. The SMILES string of the molecule is Cn1c(CCNCc2ccc(/C=C/C(=O)NO)cc2)nc2cc(N(CCCl)CCCl)ccc21. The molecule has 3 N–H and O–H groups in total. The Morgan fingerprint density at radius 1 is 1.15 bits per heavy atom. The minimum absolute atomic E-state index is 0.550. The van der Waals surface area contributed by atoms with Crippen LogP contribution in [0.3, 0.4) is 0 Å². The Bertz CT molecular complexity index is 1080. The van der Waals surface area contributed by atoms with Gasteiger partial charge in [-0.05, 0) is 35.4 Å². The second-order valence-corrected chi connectivity index (χ2v) is 8.36. The topological polar surface area (TPSA) is 82.4 Å². The standard InChI is InChI=1S/C24H29Cl2N5O2/c1-30-22-8-7-20(31(14-11-25)15-12-26)16-21(22)28-23(30)10-13-27-17-19-4-2-18(3-5-19)6-9-24(32)29-33/h2-9,16,27,33H,10-15,17H2,1H3,(H,29,32)/b9-6+. The number of alkyl halides is 2. The van der Waals surface area contributed by atoms with Crippen molar-refractivity contribution in [2.45, 2.75) is 13.0 Å². The lowest BCUT2D eigenvalue weighted by atomic mass is 10.1. The summed E-state index contributed by atoms with van der Waals surface area (Å²) >= 11 is 11.9. The second-order valence-electron chi connectivity index (χ2n) is 7.60. The normalized spacial score (nSPS) is 11.4. The van der Waals surface area contributed by atoms with E-state index in [1.165, 1.54) is 6.08 Å². The van der Waals surface area contributed by atoms with E-state index in [9.17, 15) is 4.79 Å². The fraction of sp³-hybridized carbons (Fsp3) is 0.333. The van der Waals surface area contributed by atoms with E-state index in [1.54, 1.807) is 11.6 Å². The van der Waals surface area contributed by atoms with Crippen molar-refractivity contribution in [3.05, 3.63) is 65.5 Å². The molecule has 7 nitrogen and oxygen atoms in total. The van der Waals surface area contributed by atoms with Gasteiger partial charge in [-0.3, -0.25) is 10.0 Å². The van der Waals surface area contributed by atoms with Crippen LogP contribution in [-0.2, 0) is 24.8 Å². The van der Waals surface area contributed by atoms with Crippen LogP contribution in [0.25, 0.3) is 17.1 Å². The van der Waals surface area contributed by atoms with Gasteiger partial charge in [-0.2, -0.15) is 0 Å². The van der Waals surface area contributed by atoms with Crippen LogP contribution in [0, 0.1) is 0 Å². The number of amides is 1. The first-order chi connectivity index (χ1) is 16.0. The van der Waals surface area contributed by atoms with E-state index in [4.69, 9.17) is 33.4 Å². The molecule has 9 heteroatoms. The maximum absolute atomic E-state index is 11.0. The highest BCUT2D eigenvalue weighted by atomic mass is 35.5. The molecule has 176 valence electrons. The number of hydrogen-bond donors (Lipinski definition) is 3. The lowest BCUT2D eigenvalue weighted by Crippen LogP contribution is -2.27. The first-order valence-corrected chi connectivity index (χ1v) is 11.9. The summed E-state index contributed by atoms with van der Waals surface area (Å²) in [5, 5.41) is 12.0. The number of imidazole rings is 1. The Morgan fingerprint density at radius 2 is 1.88 bits per heavy atom. The molecule has 0 aliphatic rings. The molecule has 1 heterocycles. The average molecular weight is 490 g/mol. The number of hydrogen-bond acceptors (Lipinski definition) is 5. The molecule has 3 rings (SSSR count). The fourth-order valence-corrected chi connectivity index (χ4v) is 4.03. The van der Waals surface area contributed by atoms with Crippen molar-refractivity contribution in [2.75, 3.05) is 36.3 Å². The summed E-state index contributed by atoms with van der Waals surface area (Å²) < 4.78 is 2.14. The summed E-state index contributed by atoms with van der Waals surface area (Å²) in [6, 6.07) is 14.2. The number of benzene rings is 2. The Balaban J connectivity index is 1.56. The number of anilines is 1. The predicted octanol–water partition coefficient (Wildman–Crippen LogP) is 3.71. The third-order valence-corrected chi connectivity index (χ3v) is 5.74. The van der Waals surface area contributed by atoms with Gasteiger partial charge in [-0.1, -0.05) is 24.3 Å². The largest absolute Gasteiger partial charge is 0.369 e. The van der Waals surface area contributed by atoms with Crippen molar-refractivity contribution in [1.29, 1.82) is 0 Å². The van der Waals surface area contributed by atoms with Crippen molar-refractivity contribution in [2.24, 2.45) is 7.05 Å². The summed E-state index contributed by atoms with van der Waals surface area (Å²) in [5.74, 6) is 1.57. The van der Waals surface area contributed by atoms with E-state index in [0.29, 0.717) is 11.8 Å². The Morgan fingerprint density at radius 3 is 2.55 bits per heavy atom. The van der Waals surface area contributed by atoms with E-state index in [0.717, 1.165) is 66.3 Å². The summed E-state index contributed by atoms with van der Waals surface area (Å²) in [6.07, 6.45) is 3.73. The van der Waals surface area contributed by atoms with Gasteiger partial charge in [-0.25, -0.2) is 10.5 Å². The number of halogens is 2. The molecule has 33 heavy (non-hydrogen) atoms. The monoisotopic (exact) mass is 489 g/mol. The highest BCUT2D eigenvalue weighted by molar-refractivity contribution is 6.18. The van der Waals surface area contributed by atoms with E-state index in [-0.39, 0.29) is 0 Å². The lowest BCUT2D eigenvalue weighted by molar-refractivity contribution is -0.124. The molecule has 0 bridgehead atoms. The number of hydroxylamine groups is 1. The van der Waals surface area contributed by atoms with Gasteiger partial charge in [0.15, 0.2) is 0 Å². The van der Waals surface area contributed by atoms with Gasteiger partial charge < -0.3 is 14.8 Å². The van der Waals surface area contributed by atoms with E-state index < -0.39 is 5.91 Å². The first kappa shape index (κ1) is 25.1. The molecular formula is C24H29Cl2N5O2. The van der Waals surface area contributed by atoms with Crippen molar-refractivity contribution >= 4 is 51.9 Å². The van der Waals surface area contributed by atoms with Crippen LogP contribution in [0.5, 0.6) is 0 Å². The van der Waals surface area contributed by atoms with Gasteiger partial charge in [0.25, 0.3) is 5.91 Å². The fourth-order valence-electron chi connectivity index (χ4n) is 3.62. The lowest BCUT2D eigenvalue weighted by Gasteiger charge is -2.22. The molecule has 3 aromatic rings. The molecular weight excluding hydrogens is 461 g/mol. The van der Waals surface area contributed by atoms with E-state index in [2.05, 4.69) is 33.0 Å². The van der Waals surface area contributed by atoms with Crippen molar-refractivity contribution < 1.29 is 10.0 Å². The predicted molar refractivity (Wildman–Crippen MR) is 135 cm³/mol. The van der Waals surface area contributed by atoms with Gasteiger partial charge in [0.05, 0.1) is 11.0 Å². The van der Waals surface area contributed by atoms with Crippen LogP contribution in [0.15, 0.2) is 48.5 Å². The summed E-state index contributed by atoms with van der Waals surface area (Å²) in [4.78, 5) is 18.1. The van der Waals surface area contributed by atoms with Crippen molar-refractivity contribution in [3.63, 3.8) is 0 Å². The molecule has 0 atom stereocenters. The number of aryl methyl sites for hydroxylation is 1. The molecule has 1 amide bonds. The summed E-state index contributed by atoms with van der Waals surface area (Å²) in [5.41, 5.74) is 6.76. The Kier molecular flexibility index (Phi) is 9.57. The van der Waals surface area contributed by atoms with Crippen LogP contribution in [0.4, 0.5) is 5.69 Å². The highest BCUT2D eigenvalue weighted by Crippen LogP contribution is 2.23. The first-order valence-electron chi connectivity index (χ1n) is 10.8. The Hall–Kier alpha value is -2.58. The molecule has 2 aromatic carbocycles.